The van der Waals surface area contributed by atoms with E-state index in [2.05, 4.69) is 15.0 Å². The first-order valence-electron chi connectivity index (χ1n) is 9.68. The zero-order valence-corrected chi connectivity index (χ0v) is 17.0. The summed E-state index contributed by atoms with van der Waals surface area (Å²) in [4.78, 5) is 38.4. The summed E-state index contributed by atoms with van der Waals surface area (Å²) < 4.78 is 25.6. The number of fused-ring (bicyclic) bond motifs is 1. The zero-order chi connectivity index (χ0) is 20.6. The van der Waals surface area contributed by atoms with Crippen molar-refractivity contribution in [3.63, 3.8) is 0 Å². The highest BCUT2D eigenvalue weighted by Crippen LogP contribution is 2.27. The molecule has 4 heterocycles. The van der Waals surface area contributed by atoms with E-state index in [9.17, 15) is 18.0 Å². The molecule has 1 fully saturated rings. The standard InChI is InChI=1S/C19H23N5O4S/c1-2-29(27,28)24-10-6-16-15(12-24)18(25)22-17(21-16)14-5-9-23(11-14)19(26)13-3-7-20-8-4-13/h3-4,7-8,14H,2,5-6,9-12H2,1H3,(H,21,22,25)/t14-/m1/s1. The van der Waals surface area contributed by atoms with E-state index in [1.54, 1.807) is 36.4 Å². The van der Waals surface area contributed by atoms with Crippen LogP contribution in [-0.4, -0.2) is 63.9 Å². The van der Waals surface area contributed by atoms with Gasteiger partial charge in [0.15, 0.2) is 0 Å². The van der Waals surface area contributed by atoms with Crippen LogP contribution < -0.4 is 5.56 Å². The van der Waals surface area contributed by atoms with Crippen molar-refractivity contribution in [1.82, 2.24) is 24.2 Å². The Morgan fingerprint density at radius 1 is 1.28 bits per heavy atom. The minimum Gasteiger partial charge on any atom is -0.338 e. The summed E-state index contributed by atoms with van der Waals surface area (Å²) in [7, 11) is -3.35. The summed E-state index contributed by atoms with van der Waals surface area (Å²) in [6.45, 7) is 3.06. The molecular formula is C19H23N5O4S. The van der Waals surface area contributed by atoms with E-state index in [-0.39, 0.29) is 29.7 Å². The van der Waals surface area contributed by atoms with Gasteiger partial charge in [-0.15, -0.1) is 0 Å². The van der Waals surface area contributed by atoms with Crippen LogP contribution >= 0.6 is 0 Å². The lowest BCUT2D eigenvalue weighted by Gasteiger charge is -2.27. The number of aromatic nitrogens is 3. The number of aromatic amines is 1. The molecule has 4 rings (SSSR count). The fourth-order valence-corrected chi connectivity index (χ4v) is 4.94. The molecule has 2 aromatic heterocycles. The van der Waals surface area contributed by atoms with Crippen LogP contribution in [0, 0.1) is 0 Å². The molecule has 1 amide bonds. The van der Waals surface area contributed by atoms with E-state index in [1.165, 1.54) is 4.31 Å². The molecule has 29 heavy (non-hydrogen) atoms. The van der Waals surface area contributed by atoms with E-state index in [0.717, 1.165) is 6.42 Å². The van der Waals surface area contributed by atoms with Crippen molar-refractivity contribution in [3.05, 3.63) is 57.5 Å². The highest BCUT2D eigenvalue weighted by molar-refractivity contribution is 7.89. The van der Waals surface area contributed by atoms with Gasteiger partial charge < -0.3 is 9.88 Å². The van der Waals surface area contributed by atoms with Crippen LogP contribution in [-0.2, 0) is 23.0 Å². The molecule has 0 unspecified atom stereocenters. The Labute approximate surface area is 168 Å². The van der Waals surface area contributed by atoms with Crippen LogP contribution in [0.1, 0.15) is 46.7 Å². The van der Waals surface area contributed by atoms with Crippen LogP contribution in [0.15, 0.2) is 29.3 Å². The van der Waals surface area contributed by atoms with Crippen molar-refractivity contribution >= 4 is 15.9 Å². The molecule has 2 aliphatic rings. The van der Waals surface area contributed by atoms with Gasteiger partial charge in [-0.1, -0.05) is 0 Å². The SMILES string of the molecule is CCS(=O)(=O)N1CCc2nc([C@@H]3CCN(C(=O)c4ccncc4)C3)[nH]c(=O)c2C1. The Balaban J connectivity index is 1.52. The van der Waals surface area contributed by atoms with Crippen molar-refractivity contribution < 1.29 is 13.2 Å². The van der Waals surface area contributed by atoms with Crippen LogP contribution in [0.4, 0.5) is 0 Å². The quantitative estimate of drug-likeness (QED) is 0.774. The van der Waals surface area contributed by atoms with Crippen molar-refractivity contribution in [2.45, 2.75) is 32.2 Å². The number of likely N-dealkylation sites (tertiary alicyclic amines) is 1. The molecule has 2 aromatic rings. The van der Waals surface area contributed by atoms with Crippen LogP contribution in [0.5, 0.6) is 0 Å². The van der Waals surface area contributed by atoms with E-state index in [4.69, 9.17) is 0 Å². The summed E-state index contributed by atoms with van der Waals surface area (Å²) >= 11 is 0. The van der Waals surface area contributed by atoms with E-state index >= 15 is 0 Å². The van der Waals surface area contributed by atoms with Crippen molar-refractivity contribution in [3.8, 4) is 0 Å². The maximum Gasteiger partial charge on any atom is 0.255 e. The number of nitrogens with zero attached hydrogens (tertiary/aromatic N) is 4. The normalized spacial score (nSPS) is 19.9. The highest BCUT2D eigenvalue weighted by Gasteiger charge is 2.32. The lowest BCUT2D eigenvalue weighted by Crippen LogP contribution is -2.40. The molecule has 0 radical (unpaired) electrons. The monoisotopic (exact) mass is 417 g/mol. The number of sulfonamides is 1. The van der Waals surface area contributed by atoms with Gasteiger partial charge >= 0.3 is 0 Å². The second-order valence-electron chi connectivity index (χ2n) is 7.33. The second-order valence-corrected chi connectivity index (χ2v) is 9.59. The minimum absolute atomic E-state index is 0.00909. The maximum atomic E-state index is 12.6. The van der Waals surface area contributed by atoms with Gasteiger partial charge in [0, 0.05) is 56.5 Å². The molecule has 0 aliphatic carbocycles. The summed E-state index contributed by atoms with van der Waals surface area (Å²) in [5.41, 5.74) is 1.37. The van der Waals surface area contributed by atoms with Gasteiger partial charge in [0.2, 0.25) is 10.0 Å². The van der Waals surface area contributed by atoms with Gasteiger partial charge in [0.1, 0.15) is 5.82 Å². The Morgan fingerprint density at radius 2 is 2.03 bits per heavy atom. The molecule has 0 saturated carbocycles. The fraction of sp³-hybridized carbons (Fsp3) is 0.474. The molecule has 2 aliphatic heterocycles. The van der Waals surface area contributed by atoms with Gasteiger partial charge in [-0.25, -0.2) is 13.4 Å². The number of hydrogen-bond donors (Lipinski definition) is 1. The Hall–Kier alpha value is -2.59. The molecule has 0 bridgehead atoms. The third-order valence-electron chi connectivity index (χ3n) is 5.60. The van der Waals surface area contributed by atoms with Gasteiger partial charge in [-0.3, -0.25) is 14.6 Å². The summed E-state index contributed by atoms with van der Waals surface area (Å²) in [5.74, 6) is 0.479. The van der Waals surface area contributed by atoms with Crippen LogP contribution in [0.2, 0.25) is 0 Å². The topological polar surface area (TPSA) is 116 Å². The van der Waals surface area contributed by atoms with Gasteiger partial charge in [0.05, 0.1) is 17.0 Å². The summed E-state index contributed by atoms with van der Waals surface area (Å²) in [5, 5.41) is 0. The van der Waals surface area contributed by atoms with Crippen molar-refractivity contribution in [2.24, 2.45) is 0 Å². The number of hydrogen-bond acceptors (Lipinski definition) is 6. The minimum atomic E-state index is -3.35. The van der Waals surface area contributed by atoms with E-state index in [0.29, 0.717) is 48.7 Å². The summed E-state index contributed by atoms with van der Waals surface area (Å²) in [6.07, 6.45) is 4.31. The number of carbonyl (C=O) groups excluding carboxylic acids is 1. The highest BCUT2D eigenvalue weighted by atomic mass is 32.2. The molecule has 1 saturated heterocycles. The van der Waals surface area contributed by atoms with Crippen molar-refractivity contribution in [2.75, 3.05) is 25.4 Å². The molecule has 1 N–H and O–H groups in total. The average Bonchev–Trinajstić information content (AvgIpc) is 3.24. The number of carbonyl (C=O) groups is 1. The van der Waals surface area contributed by atoms with Crippen LogP contribution in [0.25, 0.3) is 0 Å². The molecule has 1 atom stereocenters. The van der Waals surface area contributed by atoms with Gasteiger partial charge in [-0.2, -0.15) is 4.31 Å². The second kappa shape index (κ2) is 7.68. The Bertz CT molecular complexity index is 1080. The first-order chi connectivity index (χ1) is 13.9. The van der Waals surface area contributed by atoms with Gasteiger partial charge in [0.25, 0.3) is 11.5 Å². The molecule has 10 heteroatoms. The average molecular weight is 417 g/mol. The number of rotatable bonds is 4. The van der Waals surface area contributed by atoms with Crippen LogP contribution in [0.3, 0.4) is 0 Å². The van der Waals surface area contributed by atoms with E-state index < -0.39 is 10.0 Å². The predicted molar refractivity (Wildman–Crippen MR) is 106 cm³/mol. The molecular weight excluding hydrogens is 394 g/mol. The number of nitrogens with one attached hydrogen (secondary N) is 1. The third kappa shape index (κ3) is 3.82. The lowest BCUT2D eigenvalue weighted by molar-refractivity contribution is 0.0790. The first kappa shape index (κ1) is 19.7. The number of amides is 1. The molecule has 0 aromatic carbocycles. The molecule has 0 spiro atoms. The molecule has 154 valence electrons. The maximum absolute atomic E-state index is 12.6. The Morgan fingerprint density at radius 3 is 2.76 bits per heavy atom. The smallest absolute Gasteiger partial charge is 0.255 e. The Kier molecular flexibility index (Phi) is 5.22. The molecule has 9 nitrogen and oxygen atoms in total. The third-order valence-corrected chi connectivity index (χ3v) is 7.43. The largest absolute Gasteiger partial charge is 0.338 e. The predicted octanol–water partition coefficient (Wildman–Crippen LogP) is 0.502. The lowest BCUT2D eigenvalue weighted by atomic mass is 10.1. The first-order valence-corrected chi connectivity index (χ1v) is 11.3. The van der Waals surface area contributed by atoms with Gasteiger partial charge in [-0.05, 0) is 25.5 Å². The number of H-pyrrole nitrogens is 1. The van der Waals surface area contributed by atoms with E-state index in [1.807, 2.05) is 0 Å². The summed E-state index contributed by atoms with van der Waals surface area (Å²) in [6, 6.07) is 3.37. The fourth-order valence-electron chi connectivity index (χ4n) is 3.88. The zero-order valence-electron chi connectivity index (χ0n) is 16.2. The van der Waals surface area contributed by atoms with Crippen molar-refractivity contribution in [1.29, 1.82) is 0 Å². The number of pyridine rings is 1.